The predicted octanol–water partition coefficient (Wildman–Crippen LogP) is -0.314. The highest BCUT2D eigenvalue weighted by atomic mass is 16.7. The zero-order chi connectivity index (χ0) is 19.4. The molecule has 0 saturated heterocycles. The molecule has 0 bridgehead atoms. The quantitative estimate of drug-likeness (QED) is 0.663. The van der Waals surface area contributed by atoms with E-state index >= 15 is 0 Å². The Hall–Kier alpha value is -3.56. The summed E-state index contributed by atoms with van der Waals surface area (Å²) in [5.74, 6) is -0.0348. The molecule has 2 aromatic rings. The fourth-order valence-electron chi connectivity index (χ4n) is 2.45. The molecule has 142 valence electrons. The molecule has 2 N–H and O–H groups in total. The summed E-state index contributed by atoms with van der Waals surface area (Å²) in [4.78, 5) is 48.2. The summed E-state index contributed by atoms with van der Waals surface area (Å²) in [7, 11) is 0. The van der Waals surface area contributed by atoms with Crippen molar-refractivity contribution in [3.8, 4) is 11.5 Å². The van der Waals surface area contributed by atoms with Gasteiger partial charge in [-0.2, -0.15) is 0 Å². The van der Waals surface area contributed by atoms with Gasteiger partial charge < -0.3 is 19.5 Å². The molecule has 10 nitrogen and oxygen atoms in total. The highest BCUT2D eigenvalue weighted by Crippen LogP contribution is 2.34. The van der Waals surface area contributed by atoms with E-state index in [1.54, 1.807) is 25.1 Å². The van der Waals surface area contributed by atoms with Crippen molar-refractivity contribution < 1.29 is 23.8 Å². The van der Waals surface area contributed by atoms with Gasteiger partial charge in [-0.1, -0.05) is 6.07 Å². The number of aromatic amines is 1. The van der Waals surface area contributed by atoms with Crippen molar-refractivity contribution in [2.75, 3.05) is 13.4 Å². The number of hydrogen-bond donors (Lipinski definition) is 2. The Kier molecular flexibility index (Phi) is 5.25. The molecule has 1 aliphatic rings. The number of fused-ring (bicyclic) bond motifs is 1. The molecule has 0 spiro atoms. The van der Waals surface area contributed by atoms with E-state index in [4.69, 9.17) is 14.2 Å². The van der Waals surface area contributed by atoms with Crippen molar-refractivity contribution in [2.45, 2.75) is 19.5 Å². The van der Waals surface area contributed by atoms with Gasteiger partial charge in [0.2, 0.25) is 6.79 Å². The van der Waals surface area contributed by atoms with Crippen LogP contribution in [0.1, 0.15) is 18.5 Å². The minimum absolute atomic E-state index is 0.161. The first-order chi connectivity index (χ1) is 12.9. The van der Waals surface area contributed by atoms with Gasteiger partial charge in [0.15, 0.2) is 18.1 Å². The Morgan fingerprint density at radius 2 is 2.04 bits per heavy atom. The van der Waals surface area contributed by atoms with Crippen molar-refractivity contribution in [3.05, 3.63) is 56.9 Å². The number of carbonyl (C=O) groups excluding carboxylic acids is 2. The number of amides is 1. The molecule has 0 unspecified atom stereocenters. The minimum atomic E-state index is -0.782. The lowest BCUT2D eigenvalue weighted by Crippen LogP contribution is -2.34. The Bertz CT molecular complexity index is 979. The molecule has 1 aromatic heterocycles. The van der Waals surface area contributed by atoms with E-state index in [0.29, 0.717) is 11.5 Å². The molecule has 0 aliphatic carbocycles. The second-order valence-electron chi connectivity index (χ2n) is 5.80. The number of nitrogens with zero attached hydrogens (tertiary/aromatic N) is 1. The molecular weight excluding hydrogens is 358 g/mol. The lowest BCUT2D eigenvalue weighted by Gasteiger charge is -2.15. The maximum absolute atomic E-state index is 12.0. The van der Waals surface area contributed by atoms with Gasteiger partial charge in [0.05, 0.1) is 6.04 Å². The standard InChI is InChI=1S/C17H17N3O7/c1-10(11-2-3-12-13(6-11)27-9-26-12)18-15(22)8-25-16(23)7-20-5-4-14(21)19-17(20)24/h2-6,10H,7-9H2,1H3,(H,18,22)(H,19,21,24)/t10-/m0/s1. The highest BCUT2D eigenvalue weighted by molar-refractivity contribution is 5.80. The predicted molar refractivity (Wildman–Crippen MR) is 91.4 cm³/mol. The normalized spacial score (nSPS) is 13.1. The Labute approximate surface area is 152 Å². The van der Waals surface area contributed by atoms with Gasteiger partial charge in [-0.15, -0.1) is 0 Å². The minimum Gasteiger partial charge on any atom is -0.454 e. The van der Waals surface area contributed by atoms with Gasteiger partial charge in [0, 0.05) is 12.3 Å². The molecule has 10 heteroatoms. The van der Waals surface area contributed by atoms with E-state index in [1.165, 1.54) is 6.20 Å². The molecule has 1 amide bonds. The van der Waals surface area contributed by atoms with Crippen molar-refractivity contribution in [1.82, 2.24) is 14.9 Å². The van der Waals surface area contributed by atoms with E-state index in [0.717, 1.165) is 16.2 Å². The van der Waals surface area contributed by atoms with Crippen LogP contribution in [0.4, 0.5) is 0 Å². The third-order valence-electron chi connectivity index (χ3n) is 3.83. The van der Waals surface area contributed by atoms with Crippen LogP contribution in [0.2, 0.25) is 0 Å². The number of aromatic nitrogens is 2. The number of carbonyl (C=O) groups is 2. The summed E-state index contributed by atoms with van der Waals surface area (Å²) in [6.45, 7) is 1.03. The van der Waals surface area contributed by atoms with Crippen LogP contribution in [0.25, 0.3) is 0 Å². The maximum Gasteiger partial charge on any atom is 0.328 e. The summed E-state index contributed by atoms with van der Waals surface area (Å²) >= 11 is 0. The number of rotatable bonds is 6. The largest absolute Gasteiger partial charge is 0.454 e. The number of hydrogen-bond acceptors (Lipinski definition) is 7. The molecule has 0 radical (unpaired) electrons. The van der Waals surface area contributed by atoms with Crippen LogP contribution >= 0.6 is 0 Å². The Balaban J connectivity index is 1.49. The first-order valence-electron chi connectivity index (χ1n) is 8.06. The topological polar surface area (TPSA) is 129 Å². The third kappa shape index (κ3) is 4.54. The van der Waals surface area contributed by atoms with Gasteiger partial charge in [0.1, 0.15) is 6.54 Å². The lowest BCUT2D eigenvalue weighted by molar-refractivity contribution is -0.149. The fourth-order valence-corrected chi connectivity index (χ4v) is 2.45. The van der Waals surface area contributed by atoms with E-state index < -0.39 is 36.3 Å². The maximum atomic E-state index is 12.0. The van der Waals surface area contributed by atoms with Crippen LogP contribution in [-0.4, -0.2) is 34.8 Å². The Morgan fingerprint density at radius 3 is 2.81 bits per heavy atom. The van der Waals surface area contributed by atoms with Gasteiger partial charge in [-0.25, -0.2) is 4.79 Å². The monoisotopic (exact) mass is 375 g/mol. The first kappa shape index (κ1) is 18.2. The second-order valence-corrected chi connectivity index (χ2v) is 5.80. The van der Waals surface area contributed by atoms with Crippen LogP contribution in [-0.2, 0) is 20.9 Å². The van der Waals surface area contributed by atoms with Gasteiger partial charge in [-0.05, 0) is 24.6 Å². The number of esters is 1. The molecule has 1 aliphatic heterocycles. The average Bonchev–Trinajstić information content (AvgIpc) is 3.10. The van der Waals surface area contributed by atoms with Crippen LogP contribution in [0.3, 0.4) is 0 Å². The smallest absolute Gasteiger partial charge is 0.328 e. The molecule has 0 fully saturated rings. The molecule has 27 heavy (non-hydrogen) atoms. The highest BCUT2D eigenvalue weighted by Gasteiger charge is 2.17. The van der Waals surface area contributed by atoms with Crippen molar-refractivity contribution in [3.63, 3.8) is 0 Å². The number of nitrogens with one attached hydrogen (secondary N) is 2. The number of H-pyrrole nitrogens is 1. The second kappa shape index (κ2) is 7.77. The molecule has 0 saturated carbocycles. The average molecular weight is 375 g/mol. The van der Waals surface area contributed by atoms with Gasteiger partial charge in [0.25, 0.3) is 11.5 Å². The number of benzene rings is 1. The van der Waals surface area contributed by atoms with E-state index in [1.807, 2.05) is 4.98 Å². The number of ether oxygens (including phenoxy) is 3. The van der Waals surface area contributed by atoms with Crippen molar-refractivity contribution in [1.29, 1.82) is 0 Å². The zero-order valence-electron chi connectivity index (χ0n) is 14.4. The summed E-state index contributed by atoms with van der Waals surface area (Å²) in [5, 5.41) is 2.70. The van der Waals surface area contributed by atoms with Crippen LogP contribution in [0.15, 0.2) is 40.1 Å². The molecule has 1 atom stereocenters. The third-order valence-corrected chi connectivity index (χ3v) is 3.83. The van der Waals surface area contributed by atoms with E-state index in [2.05, 4.69) is 5.32 Å². The summed E-state index contributed by atoms with van der Waals surface area (Å²) in [6.07, 6.45) is 1.17. The SMILES string of the molecule is C[C@H](NC(=O)COC(=O)Cn1ccc(=O)[nH]c1=O)c1ccc2c(c1)OCO2. The van der Waals surface area contributed by atoms with Gasteiger partial charge >= 0.3 is 11.7 Å². The molecule has 2 heterocycles. The molecule has 1 aromatic carbocycles. The zero-order valence-corrected chi connectivity index (χ0v) is 14.4. The van der Waals surface area contributed by atoms with Crippen molar-refractivity contribution >= 4 is 11.9 Å². The Morgan fingerprint density at radius 1 is 1.26 bits per heavy atom. The summed E-state index contributed by atoms with van der Waals surface area (Å²) in [6, 6.07) is 6.08. The lowest BCUT2D eigenvalue weighted by atomic mass is 10.1. The van der Waals surface area contributed by atoms with E-state index in [-0.39, 0.29) is 12.8 Å². The van der Waals surface area contributed by atoms with Crippen LogP contribution < -0.4 is 26.0 Å². The van der Waals surface area contributed by atoms with Crippen molar-refractivity contribution in [2.24, 2.45) is 0 Å². The van der Waals surface area contributed by atoms with Crippen LogP contribution in [0, 0.1) is 0 Å². The summed E-state index contributed by atoms with van der Waals surface area (Å²) in [5.41, 5.74) is -0.499. The molecular formula is C17H17N3O7. The van der Waals surface area contributed by atoms with E-state index in [9.17, 15) is 19.2 Å². The first-order valence-corrected chi connectivity index (χ1v) is 8.06. The molecule has 3 rings (SSSR count). The van der Waals surface area contributed by atoms with Crippen LogP contribution in [0.5, 0.6) is 11.5 Å². The van der Waals surface area contributed by atoms with Gasteiger partial charge in [-0.3, -0.25) is 23.9 Å². The summed E-state index contributed by atoms with van der Waals surface area (Å²) < 4.78 is 16.4. The fraction of sp³-hybridized carbons (Fsp3) is 0.294.